The highest BCUT2D eigenvalue weighted by molar-refractivity contribution is 6.18. The van der Waals surface area contributed by atoms with Crippen LogP contribution in [0.25, 0.3) is 111 Å². The van der Waals surface area contributed by atoms with Crippen LogP contribution in [-0.2, 0) is 0 Å². The molecule has 3 nitrogen and oxygen atoms in total. The first-order valence-corrected chi connectivity index (χ1v) is 21.1. The Bertz CT molecular complexity index is 3820. The van der Waals surface area contributed by atoms with Crippen LogP contribution in [-0.4, -0.2) is 15.0 Å². The van der Waals surface area contributed by atoms with E-state index in [-0.39, 0.29) is 5.41 Å². The fraction of sp³-hybridized carbons (Fsp3) is 0.0517. The van der Waals surface area contributed by atoms with E-state index in [0.717, 1.165) is 44.7 Å². The van der Waals surface area contributed by atoms with Crippen molar-refractivity contribution in [1.29, 1.82) is 0 Å². The summed E-state index contributed by atoms with van der Waals surface area (Å²) in [5.74, 6) is 2.05. The SMILES string of the molecule is CC12C=c3ccccc3=CC1=c1ccccc1=C(c1nc(-c3cc4cc5ccccc5cc4c4ccccc34)nc(-c3cc4cc5ccccc5cc4c4ccccc34)n1)C2. The van der Waals surface area contributed by atoms with Crippen LogP contribution in [0.4, 0.5) is 0 Å². The average Bonchev–Trinajstić information content (AvgIpc) is 3.31. The summed E-state index contributed by atoms with van der Waals surface area (Å²) >= 11 is 0. The van der Waals surface area contributed by atoms with E-state index in [0.29, 0.717) is 17.5 Å². The summed E-state index contributed by atoms with van der Waals surface area (Å²) in [6.45, 7) is 2.37. The average molecular weight is 776 g/mol. The summed E-state index contributed by atoms with van der Waals surface area (Å²) in [5.41, 5.74) is 4.19. The highest BCUT2D eigenvalue weighted by Crippen LogP contribution is 2.43. The fourth-order valence-corrected chi connectivity index (χ4v) is 10.4. The summed E-state index contributed by atoms with van der Waals surface area (Å²) in [5, 5.41) is 19.1. The van der Waals surface area contributed by atoms with E-state index in [1.54, 1.807) is 0 Å². The zero-order chi connectivity index (χ0) is 40.2. The molecule has 3 heteroatoms. The molecule has 1 heterocycles. The van der Waals surface area contributed by atoms with E-state index in [9.17, 15) is 0 Å². The van der Waals surface area contributed by atoms with Crippen molar-refractivity contribution in [3.63, 3.8) is 0 Å². The zero-order valence-electron chi connectivity index (χ0n) is 33.5. The standard InChI is InChI=1S/C58H37N3/c1-58-33-40-19-7-6-18-39(40)32-54(58)48-25-13-12-24-47(48)53(34-58)57-60-55(51-30-41-26-35-14-2-4-16-37(35)28-49(41)43-20-8-10-22-45(43)51)59-56(61-57)52-31-42-27-36-15-3-5-17-38(36)29-50(42)44-21-9-11-23-46(44)52/h2-33H,34H2,1H3. The quantitative estimate of drug-likeness (QED) is 0.133. The molecule has 0 N–H and O–H groups in total. The van der Waals surface area contributed by atoms with Gasteiger partial charge < -0.3 is 0 Å². The lowest BCUT2D eigenvalue weighted by atomic mass is 9.69. The molecule has 0 spiro atoms. The highest BCUT2D eigenvalue weighted by Gasteiger charge is 2.34. The van der Waals surface area contributed by atoms with Gasteiger partial charge in [0.25, 0.3) is 0 Å². The van der Waals surface area contributed by atoms with Gasteiger partial charge in [-0.3, -0.25) is 0 Å². The molecule has 10 aromatic carbocycles. The summed E-state index contributed by atoms with van der Waals surface area (Å²) in [6, 6.07) is 66.0. The van der Waals surface area contributed by atoms with E-state index < -0.39 is 0 Å². The normalized spacial score (nSPS) is 15.8. The van der Waals surface area contributed by atoms with Crippen molar-refractivity contribution >= 4 is 87.9 Å². The van der Waals surface area contributed by atoms with Gasteiger partial charge in [0.1, 0.15) is 0 Å². The molecule has 13 rings (SSSR count). The molecule has 0 radical (unpaired) electrons. The molecule has 1 unspecified atom stereocenters. The topological polar surface area (TPSA) is 38.7 Å². The van der Waals surface area contributed by atoms with E-state index in [4.69, 9.17) is 15.0 Å². The Morgan fingerprint density at radius 3 is 1.39 bits per heavy atom. The molecule has 0 bridgehead atoms. The molecule has 2 aliphatic rings. The summed E-state index contributed by atoms with van der Waals surface area (Å²) in [4.78, 5) is 16.7. The molecule has 1 atom stereocenters. The van der Waals surface area contributed by atoms with Crippen molar-refractivity contribution in [2.75, 3.05) is 0 Å². The zero-order valence-corrected chi connectivity index (χ0v) is 33.5. The van der Waals surface area contributed by atoms with Crippen molar-refractivity contribution in [2.24, 2.45) is 5.41 Å². The van der Waals surface area contributed by atoms with E-state index in [1.807, 2.05) is 0 Å². The molecule has 1 aromatic heterocycles. The van der Waals surface area contributed by atoms with Gasteiger partial charge in [0.2, 0.25) is 0 Å². The van der Waals surface area contributed by atoms with Crippen LogP contribution >= 0.6 is 0 Å². The minimum Gasteiger partial charge on any atom is -0.208 e. The third kappa shape index (κ3) is 5.27. The Hall–Kier alpha value is -7.75. The summed E-state index contributed by atoms with van der Waals surface area (Å²) in [6.07, 6.45) is 5.60. The van der Waals surface area contributed by atoms with E-state index in [1.165, 1.54) is 69.5 Å². The van der Waals surface area contributed by atoms with Crippen molar-refractivity contribution < 1.29 is 0 Å². The minimum absolute atomic E-state index is 0.265. The third-order valence-corrected chi connectivity index (χ3v) is 13.3. The first-order valence-electron chi connectivity index (χ1n) is 21.1. The first-order chi connectivity index (χ1) is 30.0. The van der Waals surface area contributed by atoms with Gasteiger partial charge in [0.15, 0.2) is 17.5 Å². The van der Waals surface area contributed by atoms with Crippen molar-refractivity contribution in [3.05, 3.63) is 209 Å². The molecule has 0 saturated carbocycles. The van der Waals surface area contributed by atoms with Crippen LogP contribution < -0.4 is 20.9 Å². The molecule has 0 amide bonds. The Morgan fingerprint density at radius 2 is 0.820 bits per heavy atom. The number of hydrogen-bond acceptors (Lipinski definition) is 3. The molecule has 0 saturated heterocycles. The maximum absolute atomic E-state index is 5.57. The summed E-state index contributed by atoms with van der Waals surface area (Å²) < 4.78 is 0. The fourth-order valence-electron chi connectivity index (χ4n) is 10.4. The van der Waals surface area contributed by atoms with Crippen LogP contribution in [0.5, 0.6) is 0 Å². The molecule has 284 valence electrons. The van der Waals surface area contributed by atoms with Gasteiger partial charge in [-0.1, -0.05) is 159 Å². The van der Waals surface area contributed by atoms with Gasteiger partial charge in [-0.2, -0.15) is 0 Å². The van der Waals surface area contributed by atoms with Gasteiger partial charge in [-0.15, -0.1) is 0 Å². The molecule has 11 aromatic rings. The molecule has 0 aliphatic heterocycles. The van der Waals surface area contributed by atoms with Crippen LogP contribution in [0.2, 0.25) is 0 Å². The van der Waals surface area contributed by atoms with Crippen LogP contribution in [0, 0.1) is 5.41 Å². The lowest BCUT2D eigenvalue weighted by molar-refractivity contribution is 0.621. The van der Waals surface area contributed by atoms with Crippen molar-refractivity contribution in [1.82, 2.24) is 15.0 Å². The maximum Gasteiger partial charge on any atom is 0.164 e. The lowest BCUT2D eigenvalue weighted by Crippen LogP contribution is -2.43. The van der Waals surface area contributed by atoms with Crippen LogP contribution in [0.3, 0.4) is 0 Å². The number of fused-ring (bicyclic) bond motifs is 11. The molecular formula is C58H37N3. The Kier molecular flexibility index (Phi) is 7.21. The number of aromatic nitrogens is 3. The largest absolute Gasteiger partial charge is 0.208 e. The Balaban J connectivity index is 1.15. The number of rotatable bonds is 3. The smallest absolute Gasteiger partial charge is 0.164 e. The Labute approximate surface area is 351 Å². The monoisotopic (exact) mass is 775 g/mol. The number of hydrogen-bond donors (Lipinski definition) is 0. The van der Waals surface area contributed by atoms with Crippen molar-refractivity contribution in [2.45, 2.75) is 13.3 Å². The second-order valence-corrected chi connectivity index (χ2v) is 17.0. The minimum atomic E-state index is -0.265. The van der Waals surface area contributed by atoms with Gasteiger partial charge in [-0.05, 0) is 140 Å². The van der Waals surface area contributed by atoms with Crippen molar-refractivity contribution in [3.8, 4) is 22.8 Å². The van der Waals surface area contributed by atoms with Gasteiger partial charge in [-0.25, -0.2) is 15.0 Å². The predicted molar refractivity (Wildman–Crippen MR) is 255 cm³/mol. The first kappa shape index (κ1) is 34.1. The number of benzene rings is 10. The van der Waals surface area contributed by atoms with E-state index >= 15 is 0 Å². The van der Waals surface area contributed by atoms with Crippen LogP contribution in [0.1, 0.15) is 19.2 Å². The molecule has 0 fully saturated rings. The number of nitrogens with zero attached hydrogens (tertiary/aromatic N) is 3. The van der Waals surface area contributed by atoms with Gasteiger partial charge >= 0.3 is 0 Å². The highest BCUT2D eigenvalue weighted by atomic mass is 15.0. The molecular weight excluding hydrogens is 739 g/mol. The predicted octanol–water partition coefficient (Wildman–Crippen LogP) is 11.2. The Morgan fingerprint density at radius 1 is 0.377 bits per heavy atom. The third-order valence-electron chi connectivity index (χ3n) is 13.3. The molecule has 2 aliphatic carbocycles. The second-order valence-electron chi connectivity index (χ2n) is 17.0. The van der Waals surface area contributed by atoms with Crippen LogP contribution in [0.15, 0.2) is 182 Å². The van der Waals surface area contributed by atoms with E-state index in [2.05, 4.69) is 201 Å². The molecule has 61 heavy (non-hydrogen) atoms. The van der Waals surface area contributed by atoms with Gasteiger partial charge in [0, 0.05) is 22.1 Å². The van der Waals surface area contributed by atoms with Gasteiger partial charge in [0.05, 0.1) is 0 Å². The lowest BCUT2D eigenvalue weighted by Gasteiger charge is -2.34. The summed E-state index contributed by atoms with van der Waals surface area (Å²) in [7, 11) is 0. The second kappa shape index (κ2) is 12.9. The maximum atomic E-state index is 5.57.